The molecule has 0 spiro atoms. The predicted molar refractivity (Wildman–Crippen MR) is 109 cm³/mol. The van der Waals surface area contributed by atoms with Gasteiger partial charge < -0.3 is 15.4 Å². The zero-order valence-corrected chi connectivity index (χ0v) is 17.2. The van der Waals surface area contributed by atoms with E-state index in [1.54, 1.807) is 48.7 Å². The van der Waals surface area contributed by atoms with Crippen molar-refractivity contribution in [1.29, 1.82) is 0 Å². The quantitative estimate of drug-likeness (QED) is 0.605. The largest absolute Gasteiger partial charge is 0.454 e. The fourth-order valence-corrected chi connectivity index (χ4v) is 2.62. The molecule has 0 aliphatic heterocycles. The number of anilines is 1. The fourth-order valence-electron chi connectivity index (χ4n) is 2.38. The van der Waals surface area contributed by atoms with Gasteiger partial charge >= 0.3 is 5.97 Å². The summed E-state index contributed by atoms with van der Waals surface area (Å²) in [7, 11) is 0. The molecule has 2 aromatic rings. The molecule has 8 heteroatoms. The molecule has 1 aromatic carbocycles. The van der Waals surface area contributed by atoms with E-state index < -0.39 is 24.5 Å². The second-order valence-corrected chi connectivity index (χ2v) is 7.45. The summed E-state index contributed by atoms with van der Waals surface area (Å²) in [5, 5.41) is 5.22. The summed E-state index contributed by atoms with van der Waals surface area (Å²) in [6.45, 7) is 3.40. The molecular formula is C20H22BrN3O4. The minimum Gasteiger partial charge on any atom is -0.454 e. The van der Waals surface area contributed by atoms with E-state index in [4.69, 9.17) is 4.74 Å². The molecule has 7 nitrogen and oxygen atoms in total. The van der Waals surface area contributed by atoms with Gasteiger partial charge in [0, 0.05) is 16.2 Å². The van der Waals surface area contributed by atoms with Crippen LogP contribution in [0.2, 0.25) is 0 Å². The van der Waals surface area contributed by atoms with E-state index >= 15 is 0 Å². The molecule has 0 radical (unpaired) electrons. The molecule has 0 bridgehead atoms. The summed E-state index contributed by atoms with van der Waals surface area (Å²) in [6, 6.07) is 11.1. The number of carbonyl (C=O) groups excluding carboxylic acids is 3. The minimum absolute atomic E-state index is 0.148. The zero-order valence-electron chi connectivity index (χ0n) is 15.6. The summed E-state index contributed by atoms with van der Waals surface area (Å²) < 4.78 is 5.88. The number of hydrogen-bond acceptors (Lipinski definition) is 5. The van der Waals surface area contributed by atoms with Crippen molar-refractivity contribution in [1.82, 2.24) is 10.3 Å². The van der Waals surface area contributed by atoms with Crippen molar-refractivity contribution in [3.8, 4) is 0 Å². The maximum absolute atomic E-state index is 12.4. The van der Waals surface area contributed by atoms with Crippen LogP contribution in [0.5, 0.6) is 0 Å². The van der Waals surface area contributed by atoms with Gasteiger partial charge in [-0.15, -0.1) is 0 Å². The number of nitrogens with zero attached hydrogens (tertiary/aromatic N) is 1. The molecule has 0 saturated heterocycles. The molecule has 0 aliphatic rings. The number of carbonyl (C=O) groups is 3. The van der Waals surface area contributed by atoms with Crippen molar-refractivity contribution in [3.63, 3.8) is 0 Å². The molecule has 1 aromatic heterocycles. The smallest absolute Gasteiger partial charge is 0.329 e. The van der Waals surface area contributed by atoms with E-state index in [0.717, 1.165) is 4.47 Å². The first-order valence-electron chi connectivity index (χ1n) is 8.79. The average Bonchev–Trinajstić information content (AvgIpc) is 2.67. The van der Waals surface area contributed by atoms with Crippen LogP contribution in [0.3, 0.4) is 0 Å². The number of nitrogens with one attached hydrogen (secondary N) is 2. The van der Waals surface area contributed by atoms with Crippen LogP contribution >= 0.6 is 15.9 Å². The Kier molecular flexibility index (Phi) is 8.13. The monoisotopic (exact) mass is 447 g/mol. The molecule has 1 atom stereocenters. The highest BCUT2D eigenvalue weighted by molar-refractivity contribution is 9.10. The third-order valence-electron chi connectivity index (χ3n) is 3.67. The van der Waals surface area contributed by atoms with Gasteiger partial charge in [-0.05, 0) is 52.5 Å². The van der Waals surface area contributed by atoms with E-state index in [0.29, 0.717) is 17.8 Å². The molecule has 28 heavy (non-hydrogen) atoms. The topological polar surface area (TPSA) is 97.4 Å². The third-order valence-corrected chi connectivity index (χ3v) is 4.14. The van der Waals surface area contributed by atoms with Gasteiger partial charge in [-0.3, -0.25) is 9.59 Å². The van der Waals surface area contributed by atoms with E-state index in [1.165, 1.54) is 0 Å². The summed E-state index contributed by atoms with van der Waals surface area (Å²) >= 11 is 3.25. The number of benzene rings is 1. The van der Waals surface area contributed by atoms with Crippen LogP contribution in [0.4, 0.5) is 5.82 Å². The number of ether oxygens (including phenoxy) is 1. The van der Waals surface area contributed by atoms with Gasteiger partial charge in [0.05, 0.1) is 0 Å². The number of halogens is 1. The van der Waals surface area contributed by atoms with Crippen molar-refractivity contribution in [2.75, 3.05) is 11.9 Å². The summed E-state index contributed by atoms with van der Waals surface area (Å²) in [6.07, 6.45) is 1.94. The van der Waals surface area contributed by atoms with Gasteiger partial charge in [0.1, 0.15) is 11.9 Å². The second-order valence-electron chi connectivity index (χ2n) is 6.54. The first-order chi connectivity index (χ1) is 13.3. The molecule has 0 saturated carbocycles. The van der Waals surface area contributed by atoms with Crippen LogP contribution in [0, 0.1) is 5.92 Å². The van der Waals surface area contributed by atoms with Crippen molar-refractivity contribution in [2.45, 2.75) is 26.3 Å². The van der Waals surface area contributed by atoms with Crippen molar-refractivity contribution < 1.29 is 19.1 Å². The standard InChI is InChI=1S/C20H22BrN3O4/c1-13(2)10-16(23-19(26)14-6-4-3-5-7-14)20(27)28-12-18(25)24-17-9-8-15(21)11-22-17/h3-9,11,13,16H,10,12H2,1-2H3,(H,23,26)(H,22,24,25)/t16-/m0/s1. The molecule has 0 unspecified atom stereocenters. The predicted octanol–water partition coefficient (Wildman–Crippen LogP) is 3.17. The Hall–Kier alpha value is -2.74. The van der Waals surface area contributed by atoms with Gasteiger partial charge in [0.15, 0.2) is 6.61 Å². The highest BCUT2D eigenvalue weighted by atomic mass is 79.9. The molecule has 2 amide bonds. The number of hydrogen-bond donors (Lipinski definition) is 2. The Morgan fingerprint density at radius 3 is 2.43 bits per heavy atom. The van der Waals surface area contributed by atoms with E-state index in [-0.39, 0.29) is 11.8 Å². The molecule has 2 rings (SSSR count). The van der Waals surface area contributed by atoms with Crippen molar-refractivity contribution >= 4 is 39.5 Å². The van der Waals surface area contributed by atoms with Gasteiger partial charge in [0.2, 0.25) is 0 Å². The lowest BCUT2D eigenvalue weighted by molar-refractivity contribution is -0.149. The molecule has 148 valence electrons. The van der Waals surface area contributed by atoms with Crippen molar-refractivity contribution in [3.05, 3.63) is 58.7 Å². The molecule has 1 heterocycles. The lowest BCUT2D eigenvalue weighted by Gasteiger charge is -2.19. The van der Waals surface area contributed by atoms with Crippen LogP contribution < -0.4 is 10.6 Å². The fraction of sp³-hybridized carbons (Fsp3) is 0.300. The summed E-state index contributed by atoms with van der Waals surface area (Å²) in [5.74, 6) is -1.04. The van der Waals surface area contributed by atoms with E-state index in [1.807, 2.05) is 13.8 Å². The summed E-state index contributed by atoms with van der Waals surface area (Å²) in [5.41, 5.74) is 0.447. The average molecular weight is 448 g/mol. The Morgan fingerprint density at radius 2 is 1.82 bits per heavy atom. The Morgan fingerprint density at radius 1 is 1.11 bits per heavy atom. The van der Waals surface area contributed by atoms with Gasteiger partial charge in [-0.2, -0.15) is 0 Å². The third kappa shape index (κ3) is 7.11. The first-order valence-corrected chi connectivity index (χ1v) is 9.58. The maximum Gasteiger partial charge on any atom is 0.329 e. The van der Waals surface area contributed by atoms with E-state index in [2.05, 4.69) is 31.5 Å². The Balaban J connectivity index is 1.91. The minimum atomic E-state index is -0.841. The SMILES string of the molecule is CC(C)C[C@H](NC(=O)c1ccccc1)C(=O)OCC(=O)Nc1ccc(Br)cn1. The number of pyridine rings is 1. The molecular weight excluding hydrogens is 426 g/mol. The molecule has 2 N–H and O–H groups in total. The van der Waals surface area contributed by atoms with E-state index in [9.17, 15) is 14.4 Å². The normalized spacial score (nSPS) is 11.6. The Labute approximate surface area is 172 Å². The first kappa shape index (κ1) is 21.6. The van der Waals surface area contributed by atoms with Crippen LogP contribution in [0.25, 0.3) is 0 Å². The maximum atomic E-state index is 12.4. The zero-order chi connectivity index (χ0) is 20.5. The summed E-state index contributed by atoms with van der Waals surface area (Å²) in [4.78, 5) is 40.7. The molecule has 0 fully saturated rings. The van der Waals surface area contributed by atoms with Crippen LogP contribution in [0.1, 0.15) is 30.6 Å². The Bertz CT molecular complexity index is 810. The van der Waals surface area contributed by atoms with Crippen molar-refractivity contribution in [2.24, 2.45) is 5.92 Å². The van der Waals surface area contributed by atoms with Crippen LogP contribution in [0.15, 0.2) is 53.1 Å². The number of rotatable bonds is 8. The van der Waals surface area contributed by atoms with Gasteiger partial charge in [-0.1, -0.05) is 32.0 Å². The van der Waals surface area contributed by atoms with Crippen LogP contribution in [-0.2, 0) is 14.3 Å². The second kappa shape index (κ2) is 10.6. The highest BCUT2D eigenvalue weighted by Crippen LogP contribution is 2.11. The number of aromatic nitrogens is 1. The van der Waals surface area contributed by atoms with Gasteiger partial charge in [-0.25, -0.2) is 9.78 Å². The molecule has 0 aliphatic carbocycles. The number of amides is 2. The lowest BCUT2D eigenvalue weighted by Crippen LogP contribution is -2.43. The van der Waals surface area contributed by atoms with Crippen LogP contribution in [-0.4, -0.2) is 35.4 Å². The highest BCUT2D eigenvalue weighted by Gasteiger charge is 2.24. The number of esters is 1. The lowest BCUT2D eigenvalue weighted by atomic mass is 10.0. The van der Waals surface area contributed by atoms with Gasteiger partial charge in [0.25, 0.3) is 11.8 Å².